The molecular weight excluding hydrogens is 402 g/mol. The van der Waals surface area contributed by atoms with Gasteiger partial charge in [0.15, 0.2) is 5.82 Å². The number of imidazole rings is 1. The number of carbonyl (C=O) groups excluding carboxylic acids is 1. The summed E-state index contributed by atoms with van der Waals surface area (Å²) in [5.74, 6) is 1.93. The Balaban J connectivity index is 1.39. The molecule has 0 aliphatic carbocycles. The Kier molecular flexibility index (Phi) is 5.09. The predicted octanol–water partition coefficient (Wildman–Crippen LogP) is 5.66. The van der Waals surface area contributed by atoms with Crippen molar-refractivity contribution in [3.8, 4) is 28.5 Å². The van der Waals surface area contributed by atoms with Gasteiger partial charge in [0, 0.05) is 17.3 Å². The van der Waals surface area contributed by atoms with Gasteiger partial charge in [0.05, 0.1) is 18.1 Å². The molecule has 5 aromatic rings. The molecule has 0 unspecified atom stereocenters. The van der Waals surface area contributed by atoms with Crippen molar-refractivity contribution in [1.82, 2.24) is 15.0 Å². The smallest absolute Gasteiger partial charge is 0.228 e. The normalized spacial score (nSPS) is 10.8. The van der Waals surface area contributed by atoms with E-state index in [0.717, 1.165) is 27.9 Å². The van der Waals surface area contributed by atoms with Crippen molar-refractivity contribution in [2.75, 3.05) is 7.11 Å². The second kappa shape index (κ2) is 8.35. The number of nitrogens with one attached hydrogen (secondary N) is 1. The lowest BCUT2D eigenvalue weighted by Gasteiger charge is -2.11. The molecule has 6 heteroatoms. The molecule has 0 spiro atoms. The number of rotatable bonds is 6. The van der Waals surface area contributed by atoms with E-state index >= 15 is 0 Å². The lowest BCUT2D eigenvalue weighted by Crippen LogP contribution is -2.03. The number of aromatic nitrogens is 3. The van der Waals surface area contributed by atoms with Crippen LogP contribution < -0.4 is 9.47 Å². The Bertz CT molecular complexity index is 1370. The van der Waals surface area contributed by atoms with E-state index in [4.69, 9.17) is 9.47 Å². The monoisotopic (exact) mass is 421 g/mol. The van der Waals surface area contributed by atoms with E-state index in [1.807, 2.05) is 60.7 Å². The number of ketones is 1. The summed E-state index contributed by atoms with van der Waals surface area (Å²) in [6, 6.07) is 26.0. The molecule has 0 aliphatic heterocycles. The second-order valence-electron chi connectivity index (χ2n) is 7.15. The maximum atomic E-state index is 12.8. The summed E-state index contributed by atoms with van der Waals surface area (Å²) in [5.41, 5.74) is 3.88. The number of methoxy groups -OCH3 is 1. The van der Waals surface area contributed by atoms with E-state index in [1.165, 1.54) is 0 Å². The number of ether oxygens (including phenoxy) is 2. The lowest BCUT2D eigenvalue weighted by atomic mass is 10.1. The number of fused-ring (bicyclic) bond motifs is 1. The highest BCUT2D eigenvalue weighted by atomic mass is 16.5. The minimum absolute atomic E-state index is 0.178. The molecule has 6 nitrogen and oxygen atoms in total. The molecule has 0 bridgehead atoms. The number of aromatic amines is 1. The summed E-state index contributed by atoms with van der Waals surface area (Å²) >= 11 is 0. The van der Waals surface area contributed by atoms with Gasteiger partial charge >= 0.3 is 0 Å². The first-order chi connectivity index (χ1) is 15.7. The Hall–Kier alpha value is -4.45. The highest BCUT2D eigenvalue weighted by Crippen LogP contribution is 2.33. The standard InChI is InChI=1S/C26H19N3O3/c1-31-20-7-4-6-18(16-20)21-8-5-15-27-26(21)32-19-13-11-17(12-14-19)24(30)25-28-22-9-2-3-10-23(22)29-25/h2-16H,1H3,(H,28,29). The lowest BCUT2D eigenvalue weighted by molar-refractivity contribution is 0.103. The zero-order valence-corrected chi connectivity index (χ0v) is 17.3. The van der Waals surface area contributed by atoms with Gasteiger partial charge in [0.25, 0.3) is 0 Å². The molecular formula is C26H19N3O3. The van der Waals surface area contributed by atoms with Crippen LogP contribution in [0.4, 0.5) is 0 Å². The molecule has 0 saturated heterocycles. The molecule has 0 aliphatic rings. The summed E-state index contributed by atoms with van der Waals surface area (Å²) in [7, 11) is 1.63. The Labute approximate surface area is 184 Å². The third-order valence-corrected chi connectivity index (χ3v) is 5.09. The Morgan fingerprint density at radius 2 is 1.72 bits per heavy atom. The maximum absolute atomic E-state index is 12.8. The van der Waals surface area contributed by atoms with Crippen molar-refractivity contribution < 1.29 is 14.3 Å². The first kappa shape index (κ1) is 19.5. The molecule has 5 rings (SSSR count). The van der Waals surface area contributed by atoms with Crippen molar-refractivity contribution in [3.63, 3.8) is 0 Å². The SMILES string of the molecule is COc1cccc(-c2cccnc2Oc2ccc(C(=O)c3nc4ccccc4[nH]3)cc2)c1. The van der Waals surface area contributed by atoms with Crippen LogP contribution in [-0.4, -0.2) is 27.8 Å². The Morgan fingerprint density at radius 3 is 2.53 bits per heavy atom. The number of hydrogen-bond donors (Lipinski definition) is 1. The van der Waals surface area contributed by atoms with Crippen molar-refractivity contribution in [3.05, 3.63) is 103 Å². The van der Waals surface area contributed by atoms with Crippen LogP contribution in [0.5, 0.6) is 17.4 Å². The van der Waals surface area contributed by atoms with Gasteiger partial charge in [0.1, 0.15) is 11.5 Å². The summed E-state index contributed by atoms with van der Waals surface area (Å²) in [4.78, 5) is 24.7. The van der Waals surface area contributed by atoms with E-state index in [1.54, 1.807) is 37.6 Å². The topological polar surface area (TPSA) is 77.1 Å². The summed E-state index contributed by atoms with van der Waals surface area (Å²) in [6.45, 7) is 0. The first-order valence-electron chi connectivity index (χ1n) is 10.1. The van der Waals surface area contributed by atoms with Gasteiger partial charge in [-0.15, -0.1) is 0 Å². The maximum Gasteiger partial charge on any atom is 0.228 e. The molecule has 2 heterocycles. The average Bonchev–Trinajstić information content (AvgIpc) is 3.29. The van der Waals surface area contributed by atoms with Crippen LogP contribution in [0.2, 0.25) is 0 Å². The Morgan fingerprint density at radius 1 is 0.875 bits per heavy atom. The number of para-hydroxylation sites is 2. The van der Waals surface area contributed by atoms with Crippen LogP contribution in [0.1, 0.15) is 16.2 Å². The summed E-state index contributed by atoms with van der Waals surface area (Å²) in [6.07, 6.45) is 1.68. The van der Waals surface area contributed by atoms with E-state index in [-0.39, 0.29) is 5.78 Å². The minimum Gasteiger partial charge on any atom is -0.497 e. The molecule has 32 heavy (non-hydrogen) atoms. The molecule has 2 aromatic heterocycles. The number of H-pyrrole nitrogens is 1. The summed E-state index contributed by atoms with van der Waals surface area (Å²) in [5, 5.41) is 0. The van der Waals surface area contributed by atoms with Crippen molar-refractivity contribution >= 4 is 16.8 Å². The van der Waals surface area contributed by atoms with Gasteiger partial charge in [-0.3, -0.25) is 4.79 Å². The van der Waals surface area contributed by atoms with Crippen LogP contribution in [0.25, 0.3) is 22.2 Å². The average molecular weight is 421 g/mol. The zero-order chi connectivity index (χ0) is 21.9. The minimum atomic E-state index is -0.178. The molecule has 0 fully saturated rings. The van der Waals surface area contributed by atoms with E-state index in [2.05, 4.69) is 15.0 Å². The van der Waals surface area contributed by atoms with E-state index in [9.17, 15) is 4.79 Å². The number of carbonyl (C=O) groups is 1. The van der Waals surface area contributed by atoms with Crippen LogP contribution >= 0.6 is 0 Å². The van der Waals surface area contributed by atoms with Crippen LogP contribution in [-0.2, 0) is 0 Å². The van der Waals surface area contributed by atoms with Gasteiger partial charge < -0.3 is 14.5 Å². The van der Waals surface area contributed by atoms with E-state index in [0.29, 0.717) is 23.0 Å². The fraction of sp³-hybridized carbons (Fsp3) is 0.0385. The highest BCUT2D eigenvalue weighted by molar-refractivity contribution is 6.08. The van der Waals surface area contributed by atoms with E-state index < -0.39 is 0 Å². The molecule has 0 radical (unpaired) electrons. The highest BCUT2D eigenvalue weighted by Gasteiger charge is 2.15. The van der Waals surface area contributed by atoms with Gasteiger partial charge in [-0.2, -0.15) is 0 Å². The molecule has 0 saturated carbocycles. The van der Waals surface area contributed by atoms with Gasteiger partial charge in [-0.1, -0.05) is 24.3 Å². The fourth-order valence-electron chi connectivity index (χ4n) is 3.47. The van der Waals surface area contributed by atoms with Crippen LogP contribution in [0, 0.1) is 0 Å². The number of benzene rings is 3. The third kappa shape index (κ3) is 3.81. The predicted molar refractivity (Wildman–Crippen MR) is 122 cm³/mol. The number of nitrogens with zero attached hydrogens (tertiary/aromatic N) is 2. The van der Waals surface area contributed by atoms with Gasteiger partial charge in [-0.05, 0) is 66.2 Å². The number of hydrogen-bond acceptors (Lipinski definition) is 5. The summed E-state index contributed by atoms with van der Waals surface area (Å²) < 4.78 is 11.4. The zero-order valence-electron chi connectivity index (χ0n) is 17.3. The quantitative estimate of drug-likeness (QED) is 0.358. The van der Waals surface area contributed by atoms with Crippen molar-refractivity contribution in [2.45, 2.75) is 0 Å². The second-order valence-corrected chi connectivity index (χ2v) is 7.15. The fourth-order valence-corrected chi connectivity index (χ4v) is 3.47. The van der Waals surface area contributed by atoms with Gasteiger partial charge in [0.2, 0.25) is 11.7 Å². The van der Waals surface area contributed by atoms with Gasteiger partial charge in [-0.25, -0.2) is 9.97 Å². The van der Waals surface area contributed by atoms with Crippen LogP contribution in [0.3, 0.4) is 0 Å². The molecule has 0 amide bonds. The largest absolute Gasteiger partial charge is 0.497 e. The van der Waals surface area contributed by atoms with Crippen LogP contribution in [0.15, 0.2) is 91.1 Å². The molecule has 0 atom stereocenters. The molecule has 3 aromatic carbocycles. The molecule has 156 valence electrons. The third-order valence-electron chi connectivity index (χ3n) is 5.09. The first-order valence-corrected chi connectivity index (χ1v) is 10.1. The number of pyridine rings is 1. The van der Waals surface area contributed by atoms with Crippen molar-refractivity contribution in [1.29, 1.82) is 0 Å². The van der Waals surface area contributed by atoms with Crippen molar-refractivity contribution in [2.24, 2.45) is 0 Å². The molecule has 1 N–H and O–H groups in total.